The molecule has 0 heterocycles. The minimum absolute atomic E-state index is 0.274. The van der Waals surface area contributed by atoms with E-state index >= 15 is 0 Å². The van der Waals surface area contributed by atoms with Crippen LogP contribution in [-0.4, -0.2) is 11.7 Å². The Kier molecular flexibility index (Phi) is 2.50. The molecular weight excluding hydrogens is 124 g/mol. The van der Waals surface area contributed by atoms with Gasteiger partial charge in [0.05, 0.1) is 6.61 Å². The van der Waals surface area contributed by atoms with Gasteiger partial charge in [0.25, 0.3) is 0 Å². The quantitative estimate of drug-likeness (QED) is 0.553. The van der Waals surface area contributed by atoms with E-state index in [0.717, 1.165) is 6.42 Å². The van der Waals surface area contributed by atoms with Crippen LogP contribution in [0, 0.1) is 5.92 Å². The third-order valence-corrected chi connectivity index (χ3v) is 2.60. The molecule has 0 fully saturated rings. The van der Waals surface area contributed by atoms with Crippen LogP contribution in [0.2, 0.25) is 0 Å². The molecule has 0 saturated carbocycles. The highest BCUT2D eigenvalue weighted by molar-refractivity contribution is 5.17. The summed E-state index contributed by atoms with van der Waals surface area (Å²) in [6.07, 6.45) is 3.68. The van der Waals surface area contributed by atoms with Gasteiger partial charge in [-0.2, -0.15) is 0 Å². The molecule has 0 aromatic heterocycles. The summed E-state index contributed by atoms with van der Waals surface area (Å²) >= 11 is 0. The Morgan fingerprint density at radius 1 is 1.60 bits per heavy atom. The van der Waals surface area contributed by atoms with Gasteiger partial charge in [0.15, 0.2) is 0 Å². The highest BCUT2D eigenvalue weighted by Gasteiger charge is 2.14. The van der Waals surface area contributed by atoms with E-state index in [1.807, 2.05) is 0 Å². The Hall–Kier alpha value is -0.300. The molecule has 1 rings (SSSR count). The first-order valence-corrected chi connectivity index (χ1v) is 4.05. The Labute approximate surface area is 62.8 Å². The number of aliphatic hydroxyl groups is 1. The van der Waals surface area contributed by atoms with E-state index in [-0.39, 0.29) is 6.61 Å². The molecule has 0 aromatic rings. The van der Waals surface area contributed by atoms with Gasteiger partial charge >= 0.3 is 0 Å². The van der Waals surface area contributed by atoms with Crippen molar-refractivity contribution in [2.24, 2.45) is 5.92 Å². The zero-order valence-electron chi connectivity index (χ0n) is 6.85. The zero-order chi connectivity index (χ0) is 7.56. The smallest absolute Gasteiger partial charge is 0.0644 e. The summed E-state index contributed by atoms with van der Waals surface area (Å²) in [6, 6.07) is 0. The molecule has 1 nitrogen and oxygen atoms in total. The molecule has 0 bridgehead atoms. The molecule has 1 N–H and O–H groups in total. The van der Waals surface area contributed by atoms with E-state index in [0.29, 0.717) is 5.92 Å². The molecule has 0 amide bonds. The van der Waals surface area contributed by atoms with Gasteiger partial charge in [-0.25, -0.2) is 0 Å². The lowest BCUT2D eigenvalue weighted by Crippen LogP contribution is -2.09. The van der Waals surface area contributed by atoms with Gasteiger partial charge < -0.3 is 5.11 Å². The highest BCUT2D eigenvalue weighted by Crippen LogP contribution is 2.28. The number of hydrogen-bond donors (Lipinski definition) is 1. The maximum absolute atomic E-state index is 8.92. The van der Waals surface area contributed by atoms with Crippen molar-refractivity contribution in [2.75, 3.05) is 6.61 Å². The second kappa shape index (κ2) is 3.20. The number of rotatable bonds is 1. The van der Waals surface area contributed by atoms with Gasteiger partial charge in [0.1, 0.15) is 0 Å². The van der Waals surface area contributed by atoms with Crippen molar-refractivity contribution in [3.8, 4) is 0 Å². The third kappa shape index (κ3) is 1.40. The van der Waals surface area contributed by atoms with Crippen molar-refractivity contribution in [1.29, 1.82) is 0 Å². The van der Waals surface area contributed by atoms with Crippen LogP contribution in [0.4, 0.5) is 0 Å². The zero-order valence-corrected chi connectivity index (χ0v) is 6.85. The summed E-state index contributed by atoms with van der Waals surface area (Å²) in [4.78, 5) is 0. The van der Waals surface area contributed by atoms with E-state index in [4.69, 9.17) is 5.11 Å². The van der Waals surface area contributed by atoms with Gasteiger partial charge in [0.2, 0.25) is 0 Å². The molecule has 0 radical (unpaired) electrons. The summed E-state index contributed by atoms with van der Waals surface area (Å²) in [6.45, 7) is 4.66. The molecule has 1 atom stereocenters. The van der Waals surface area contributed by atoms with Crippen LogP contribution < -0.4 is 0 Å². The lowest BCUT2D eigenvalue weighted by Gasteiger charge is -2.22. The van der Waals surface area contributed by atoms with Gasteiger partial charge in [-0.3, -0.25) is 0 Å². The first kappa shape index (κ1) is 7.80. The molecular formula is C9H16O. The van der Waals surface area contributed by atoms with Crippen molar-refractivity contribution in [3.05, 3.63) is 11.1 Å². The minimum atomic E-state index is 0.274. The summed E-state index contributed by atoms with van der Waals surface area (Å²) in [5.74, 6) is 0.705. The number of allylic oxidation sites excluding steroid dienone is 1. The van der Waals surface area contributed by atoms with E-state index in [2.05, 4.69) is 13.8 Å². The summed E-state index contributed by atoms with van der Waals surface area (Å²) < 4.78 is 0. The maximum Gasteiger partial charge on any atom is 0.0644 e. The van der Waals surface area contributed by atoms with Crippen LogP contribution in [0.1, 0.15) is 33.1 Å². The molecule has 0 saturated heterocycles. The lowest BCUT2D eigenvalue weighted by atomic mass is 9.85. The summed E-state index contributed by atoms with van der Waals surface area (Å²) in [5, 5.41) is 8.92. The first-order valence-electron chi connectivity index (χ1n) is 4.05. The van der Waals surface area contributed by atoms with Gasteiger partial charge in [-0.15, -0.1) is 0 Å². The monoisotopic (exact) mass is 140 g/mol. The standard InChI is InChI=1S/C9H16O/c1-7-4-3-5-9(6-10)8(7)2/h7,10H,3-6H2,1-2H3/t7-/m1/s1. The Bertz CT molecular complexity index is 147. The Balaban J connectivity index is 2.72. The molecule has 10 heavy (non-hydrogen) atoms. The third-order valence-electron chi connectivity index (χ3n) is 2.60. The fraction of sp³-hybridized carbons (Fsp3) is 0.778. The molecule has 0 unspecified atom stereocenters. The molecule has 1 heteroatoms. The van der Waals surface area contributed by atoms with Crippen LogP contribution in [-0.2, 0) is 0 Å². The molecule has 0 aromatic carbocycles. The fourth-order valence-corrected chi connectivity index (χ4v) is 1.59. The van der Waals surface area contributed by atoms with Crippen LogP contribution in [0.25, 0.3) is 0 Å². The van der Waals surface area contributed by atoms with Crippen molar-refractivity contribution in [1.82, 2.24) is 0 Å². The molecule has 0 aliphatic heterocycles. The summed E-state index contributed by atoms with van der Waals surface area (Å²) in [7, 11) is 0. The van der Waals surface area contributed by atoms with Crippen molar-refractivity contribution < 1.29 is 5.11 Å². The Morgan fingerprint density at radius 2 is 2.30 bits per heavy atom. The fourth-order valence-electron chi connectivity index (χ4n) is 1.59. The first-order chi connectivity index (χ1) is 4.75. The minimum Gasteiger partial charge on any atom is -0.392 e. The normalized spacial score (nSPS) is 27.3. The molecule has 0 spiro atoms. The van der Waals surface area contributed by atoms with Gasteiger partial charge in [-0.05, 0) is 37.7 Å². The van der Waals surface area contributed by atoms with Crippen LogP contribution in [0.5, 0.6) is 0 Å². The van der Waals surface area contributed by atoms with E-state index in [9.17, 15) is 0 Å². The van der Waals surface area contributed by atoms with Crippen molar-refractivity contribution in [3.63, 3.8) is 0 Å². The van der Waals surface area contributed by atoms with Crippen LogP contribution in [0.15, 0.2) is 11.1 Å². The molecule has 1 aliphatic rings. The number of hydrogen-bond acceptors (Lipinski definition) is 1. The molecule has 58 valence electrons. The van der Waals surface area contributed by atoms with Gasteiger partial charge in [-0.1, -0.05) is 12.5 Å². The van der Waals surface area contributed by atoms with E-state index in [1.54, 1.807) is 0 Å². The topological polar surface area (TPSA) is 20.2 Å². The van der Waals surface area contributed by atoms with Crippen LogP contribution in [0.3, 0.4) is 0 Å². The second-order valence-corrected chi connectivity index (χ2v) is 3.24. The van der Waals surface area contributed by atoms with Crippen LogP contribution >= 0.6 is 0 Å². The summed E-state index contributed by atoms with van der Waals surface area (Å²) in [5.41, 5.74) is 2.70. The Morgan fingerprint density at radius 3 is 2.80 bits per heavy atom. The van der Waals surface area contributed by atoms with Gasteiger partial charge in [0, 0.05) is 0 Å². The SMILES string of the molecule is CC1=C(CO)CCC[C@H]1C. The maximum atomic E-state index is 8.92. The average Bonchev–Trinajstić information content (AvgIpc) is 1.95. The van der Waals surface area contributed by atoms with E-state index < -0.39 is 0 Å². The predicted molar refractivity (Wildman–Crippen MR) is 42.8 cm³/mol. The van der Waals surface area contributed by atoms with Crippen molar-refractivity contribution in [2.45, 2.75) is 33.1 Å². The van der Waals surface area contributed by atoms with E-state index in [1.165, 1.54) is 24.0 Å². The predicted octanol–water partition coefficient (Wildman–Crippen LogP) is 2.12. The highest BCUT2D eigenvalue weighted by atomic mass is 16.3. The molecule has 1 aliphatic carbocycles. The number of aliphatic hydroxyl groups excluding tert-OH is 1. The second-order valence-electron chi connectivity index (χ2n) is 3.24. The average molecular weight is 140 g/mol. The largest absolute Gasteiger partial charge is 0.392 e. The van der Waals surface area contributed by atoms with Crippen molar-refractivity contribution >= 4 is 0 Å². The lowest BCUT2D eigenvalue weighted by molar-refractivity contribution is 0.316.